The molecule has 0 aliphatic heterocycles. The predicted octanol–water partition coefficient (Wildman–Crippen LogP) is 1.97. The van der Waals surface area contributed by atoms with Crippen LogP contribution in [0.25, 0.3) is 0 Å². The monoisotopic (exact) mass is 349 g/mol. The van der Waals surface area contributed by atoms with Gasteiger partial charge in [0.1, 0.15) is 0 Å². The largest absolute Gasteiger partial charge is 0.352 e. The first-order valence-corrected chi connectivity index (χ1v) is 9.65. The van der Waals surface area contributed by atoms with E-state index in [9.17, 15) is 13.2 Å². The van der Waals surface area contributed by atoms with Gasteiger partial charge in [-0.3, -0.25) is 9.48 Å². The van der Waals surface area contributed by atoms with E-state index in [4.69, 9.17) is 0 Å². The molecule has 7 heteroatoms. The van der Waals surface area contributed by atoms with E-state index in [0.29, 0.717) is 12.1 Å². The highest BCUT2D eigenvalue weighted by Crippen LogP contribution is 2.11. The van der Waals surface area contributed by atoms with E-state index in [1.807, 2.05) is 31.5 Å². The quantitative estimate of drug-likeness (QED) is 0.864. The summed E-state index contributed by atoms with van der Waals surface area (Å²) in [6.07, 6.45) is 1.14. The molecule has 0 aliphatic carbocycles. The molecule has 1 aromatic carbocycles. The molecule has 0 bridgehead atoms. The Labute approximate surface area is 142 Å². The molecule has 1 heterocycles. The number of nitrogens with one attached hydrogen (secondary N) is 1. The van der Waals surface area contributed by atoms with E-state index < -0.39 is 9.84 Å². The lowest BCUT2D eigenvalue weighted by molar-refractivity contribution is 0.0946. The van der Waals surface area contributed by atoms with Crippen LogP contribution in [0, 0.1) is 19.8 Å². The maximum Gasteiger partial charge on any atom is 0.251 e. The lowest BCUT2D eigenvalue weighted by atomic mass is 10.1. The lowest BCUT2D eigenvalue weighted by Crippen LogP contribution is -2.30. The number of carbonyl (C=O) groups is 1. The second-order valence-electron chi connectivity index (χ2n) is 6.22. The van der Waals surface area contributed by atoms with Crippen molar-refractivity contribution in [1.82, 2.24) is 15.1 Å². The number of hydrogen-bond acceptors (Lipinski definition) is 4. The third kappa shape index (κ3) is 4.67. The number of rotatable bonds is 6. The molecular formula is C17H23N3O3S. The molecule has 1 atom stereocenters. The Kier molecular flexibility index (Phi) is 5.43. The molecule has 24 heavy (non-hydrogen) atoms. The van der Waals surface area contributed by atoms with Crippen LogP contribution >= 0.6 is 0 Å². The van der Waals surface area contributed by atoms with Crippen LogP contribution in [0.15, 0.2) is 35.2 Å². The Morgan fingerprint density at radius 1 is 1.25 bits per heavy atom. The molecule has 6 nitrogen and oxygen atoms in total. The number of hydrogen-bond donors (Lipinski definition) is 1. The number of aromatic nitrogens is 2. The number of benzene rings is 1. The van der Waals surface area contributed by atoms with Gasteiger partial charge in [0.15, 0.2) is 9.84 Å². The summed E-state index contributed by atoms with van der Waals surface area (Å²) >= 11 is 0. The van der Waals surface area contributed by atoms with Gasteiger partial charge >= 0.3 is 0 Å². The van der Waals surface area contributed by atoms with Crippen molar-refractivity contribution >= 4 is 15.7 Å². The lowest BCUT2D eigenvalue weighted by Gasteiger charge is -2.14. The molecule has 1 unspecified atom stereocenters. The van der Waals surface area contributed by atoms with Crippen molar-refractivity contribution in [2.45, 2.75) is 32.2 Å². The maximum atomic E-state index is 12.2. The molecule has 0 spiro atoms. The van der Waals surface area contributed by atoms with Gasteiger partial charge in [-0.25, -0.2) is 8.42 Å². The molecule has 2 rings (SSSR count). The van der Waals surface area contributed by atoms with Crippen molar-refractivity contribution in [3.8, 4) is 0 Å². The normalized spacial score (nSPS) is 12.8. The van der Waals surface area contributed by atoms with Gasteiger partial charge in [-0.15, -0.1) is 0 Å². The molecule has 1 N–H and O–H groups in total. The molecular weight excluding hydrogens is 326 g/mol. The fraction of sp³-hybridized carbons (Fsp3) is 0.412. The fourth-order valence-electron chi connectivity index (χ4n) is 2.44. The Hall–Kier alpha value is -2.15. The molecule has 2 aromatic rings. The first-order valence-electron chi connectivity index (χ1n) is 7.76. The van der Waals surface area contributed by atoms with Gasteiger partial charge in [0, 0.05) is 30.6 Å². The van der Waals surface area contributed by atoms with Crippen molar-refractivity contribution in [2.24, 2.45) is 5.92 Å². The van der Waals surface area contributed by atoms with Crippen molar-refractivity contribution < 1.29 is 13.2 Å². The number of nitrogens with zero attached hydrogens (tertiary/aromatic N) is 2. The number of amides is 1. The van der Waals surface area contributed by atoms with Crippen LogP contribution in [0.4, 0.5) is 0 Å². The second-order valence-corrected chi connectivity index (χ2v) is 8.24. The highest BCUT2D eigenvalue weighted by molar-refractivity contribution is 7.90. The summed E-state index contributed by atoms with van der Waals surface area (Å²) in [5, 5.41) is 7.29. The smallest absolute Gasteiger partial charge is 0.251 e. The van der Waals surface area contributed by atoms with E-state index >= 15 is 0 Å². The molecule has 0 aliphatic rings. The third-order valence-electron chi connectivity index (χ3n) is 3.74. The molecule has 1 aromatic heterocycles. The highest BCUT2D eigenvalue weighted by Gasteiger charge is 2.12. The molecule has 0 saturated carbocycles. The summed E-state index contributed by atoms with van der Waals surface area (Å²) < 4.78 is 24.8. The van der Waals surface area contributed by atoms with Gasteiger partial charge in [0.05, 0.1) is 10.6 Å². The van der Waals surface area contributed by atoms with E-state index in [1.165, 1.54) is 24.3 Å². The average Bonchev–Trinajstić information content (AvgIpc) is 2.81. The van der Waals surface area contributed by atoms with Crippen LogP contribution in [0.3, 0.4) is 0 Å². The van der Waals surface area contributed by atoms with Crippen LogP contribution in [0.2, 0.25) is 0 Å². The topological polar surface area (TPSA) is 81.1 Å². The van der Waals surface area contributed by atoms with E-state index in [0.717, 1.165) is 24.2 Å². The summed E-state index contributed by atoms with van der Waals surface area (Å²) in [6.45, 7) is 7.26. The maximum absolute atomic E-state index is 12.2. The standard InChI is InChI=1S/C17H23N3O3S/c1-12(11-20-14(3)9-13(2)19-20)10-18-17(21)15-5-7-16(8-6-15)24(4,22)23/h5-9,12H,10-11H2,1-4H3,(H,18,21). The van der Waals surface area contributed by atoms with Gasteiger partial charge in [-0.1, -0.05) is 6.92 Å². The minimum atomic E-state index is -3.25. The summed E-state index contributed by atoms with van der Waals surface area (Å²) in [4.78, 5) is 12.4. The van der Waals surface area contributed by atoms with E-state index in [2.05, 4.69) is 10.4 Å². The molecule has 0 radical (unpaired) electrons. The summed E-state index contributed by atoms with van der Waals surface area (Å²) in [5.74, 6) is 0.0116. The van der Waals surface area contributed by atoms with Crippen LogP contribution < -0.4 is 5.32 Å². The Bertz CT molecular complexity index is 823. The van der Waals surface area contributed by atoms with Crippen molar-refractivity contribution in [2.75, 3.05) is 12.8 Å². The van der Waals surface area contributed by atoms with Gasteiger partial charge in [0.2, 0.25) is 0 Å². The van der Waals surface area contributed by atoms with E-state index in [-0.39, 0.29) is 16.7 Å². The summed E-state index contributed by atoms with van der Waals surface area (Å²) in [7, 11) is -3.25. The van der Waals surface area contributed by atoms with Crippen molar-refractivity contribution in [3.05, 3.63) is 47.3 Å². The minimum Gasteiger partial charge on any atom is -0.352 e. The zero-order valence-corrected chi connectivity index (χ0v) is 15.2. The number of aryl methyl sites for hydroxylation is 2. The second kappa shape index (κ2) is 7.17. The Morgan fingerprint density at radius 3 is 2.38 bits per heavy atom. The van der Waals surface area contributed by atoms with Gasteiger partial charge in [-0.2, -0.15) is 5.10 Å². The molecule has 0 saturated heterocycles. The minimum absolute atomic E-state index is 0.206. The van der Waals surface area contributed by atoms with Crippen molar-refractivity contribution in [1.29, 1.82) is 0 Å². The number of carbonyl (C=O) groups excluding carboxylic acids is 1. The third-order valence-corrected chi connectivity index (χ3v) is 4.87. The summed E-state index contributed by atoms with van der Waals surface area (Å²) in [5.41, 5.74) is 2.53. The van der Waals surface area contributed by atoms with Crippen molar-refractivity contribution in [3.63, 3.8) is 0 Å². The molecule has 130 valence electrons. The first kappa shape index (κ1) is 18.2. The molecule has 0 fully saturated rings. The fourth-order valence-corrected chi connectivity index (χ4v) is 3.07. The number of sulfone groups is 1. The van der Waals surface area contributed by atoms with Gasteiger partial charge < -0.3 is 5.32 Å². The average molecular weight is 349 g/mol. The Morgan fingerprint density at radius 2 is 1.88 bits per heavy atom. The van der Waals surface area contributed by atoms with Crippen LogP contribution in [-0.2, 0) is 16.4 Å². The SMILES string of the molecule is Cc1cc(C)n(CC(C)CNC(=O)c2ccc(S(C)(=O)=O)cc2)n1. The zero-order chi connectivity index (χ0) is 17.9. The molecule has 1 amide bonds. The highest BCUT2D eigenvalue weighted by atomic mass is 32.2. The first-order chi connectivity index (χ1) is 11.2. The van der Waals surface area contributed by atoms with Gasteiger partial charge in [-0.05, 0) is 50.1 Å². The summed E-state index contributed by atoms with van der Waals surface area (Å²) in [6, 6.07) is 7.97. The van der Waals surface area contributed by atoms with E-state index in [1.54, 1.807) is 0 Å². The Balaban J connectivity index is 1.91. The zero-order valence-electron chi connectivity index (χ0n) is 14.4. The predicted molar refractivity (Wildman–Crippen MR) is 92.8 cm³/mol. The van der Waals surface area contributed by atoms with Crippen LogP contribution in [-0.4, -0.2) is 36.9 Å². The van der Waals surface area contributed by atoms with Crippen LogP contribution in [0.5, 0.6) is 0 Å². The van der Waals surface area contributed by atoms with Gasteiger partial charge in [0.25, 0.3) is 5.91 Å². The van der Waals surface area contributed by atoms with Crippen LogP contribution in [0.1, 0.15) is 28.7 Å².